The number of carbonyl (C=O) groups excluding carboxylic acids is 3. The number of hydrogen-bond acceptors (Lipinski definition) is 6. The molecule has 0 N–H and O–H groups in total. The third kappa shape index (κ3) is 8.17. The largest absolute Gasteiger partial charge is 0.423 e. The lowest BCUT2D eigenvalue weighted by Crippen LogP contribution is -2.44. The number of benzene rings is 1. The van der Waals surface area contributed by atoms with Crippen molar-refractivity contribution in [3.05, 3.63) is 29.8 Å². The van der Waals surface area contributed by atoms with Crippen LogP contribution in [0.3, 0.4) is 0 Å². The molecular weight excluding hydrogens is 396 g/mol. The normalized spacial score (nSPS) is 18.8. The fourth-order valence-electron chi connectivity index (χ4n) is 3.70. The Balaban J connectivity index is 2.18. The zero-order chi connectivity index (χ0) is 23.0. The van der Waals surface area contributed by atoms with Crippen LogP contribution in [-0.2, 0) is 14.4 Å². The Morgan fingerprint density at radius 2 is 1.58 bits per heavy atom. The van der Waals surface area contributed by atoms with Gasteiger partial charge in [-0.25, -0.2) is 0 Å². The molecule has 0 aliphatic heterocycles. The fourth-order valence-corrected chi connectivity index (χ4v) is 3.70. The Morgan fingerprint density at radius 1 is 0.968 bits per heavy atom. The standard InChI is InChI=1S/C24H34N2O5/c1-17-6-10-21(11-7-17)26(15-14-25(4)5)24(29)13-9-20-8-12-22(30-18(2)27)23(16-20)31-19(3)28/h8-9,12-13,16-17,21H,6-7,10-11,14-15H2,1-5H3. The lowest BCUT2D eigenvalue weighted by molar-refractivity contribution is -0.134. The Labute approximate surface area is 185 Å². The van der Waals surface area contributed by atoms with E-state index in [-0.39, 0.29) is 23.4 Å². The van der Waals surface area contributed by atoms with E-state index in [1.807, 2.05) is 19.0 Å². The maximum absolute atomic E-state index is 13.1. The molecule has 0 spiro atoms. The van der Waals surface area contributed by atoms with E-state index < -0.39 is 11.9 Å². The van der Waals surface area contributed by atoms with E-state index in [4.69, 9.17) is 9.47 Å². The minimum atomic E-state index is -0.521. The van der Waals surface area contributed by atoms with Crippen LogP contribution >= 0.6 is 0 Å². The van der Waals surface area contributed by atoms with Gasteiger partial charge in [-0.2, -0.15) is 0 Å². The predicted molar refractivity (Wildman–Crippen MR) is 120 cm³/mol. The molecule has 7 nitrogen and oxygen atoms in total. The second-order valence-electron chi connectivity index (χ2n) is 8.48. The number of amides is 1. The highest BCUT2D eigenvalue weighted by atomic mass is 16.6. The van der Waals surface area contributed by atoms with Crippen molar-refractivity contribution in [1.29, 1.82) is 0 Å². The zero-order valence-corrected chi connectivity index (χ0v) is 19.2. The summed E-state index contributed by atoms with van der Waals surface area (Å²) >= 11 is 0. The summed E-state index contributed by atoms with van der Waals surface area (Å²) in [7, 11) is 4.01. The van der Waals surface area contributed by atoms with Crippen molar-refractivity contribution < 1.29 is 23.9 Å². The van der Waals surface area contributed by atoms with Gasteiger partial charge >= 0.3 is 11.9 Å². The van der Waals surface area contributed by atoms with E-state index in [0.717, 1.165) is 32.2 Å². The Morgan fingerprint density at radius 3 is 2.16 bits per heavy atom. The van der Waals surface area contributed by atoms with Crippen molar-refractivity contribution in [3.8, 4) is 11.5 Å². The first-order valence-corrected chi connectivity index (χ1v) is 10.8. The average Bonchev–Trinajstić information content (AvgIpc) is 2.68. The summed E-state index contributed by atoms with van der Waals surface area (Å²) in [5, 5.41) is 0. The quantitative estimate of drug-likeness (QED) is 0.357. The van der Waals surface area contributed by atoms with Crippen LogP contribution in [0.2, 0.25) is 0 Å². The molecule has 2 rings (SSSR count). The van der Waals surface area contributed by atoms with Gasteiger partial charge in [-0.1, -0.05) is 13.0 Å². The van der Waals surface area contributed by atoms with Gasteiger partial charge in [-0.15, -0.1) is 0 Å². The van der Waals surface area contributed by atoms with E-state index in [1.165, 1.54) is 13.8 Å². The number of nitrogens with zero attached hydrogens (tertiary/aromatic N) is 2. The van der Waals surface area contributed by atoms with E-state index in [9.17, 15) is 14.4 Å². The summed E-state index contributed by atoms with van der Waals surface area (Å²) in [5.41, 5.74) is 0.672. The first-order valence-electron chi connectivity index (χ1n) is 10.8. The van der Waals surface area contributed by atoms with Gasteiger partial charge in [0.1, 0.15) is 0 Å². The predicted octanol–water partition coefficient (Wildman–Crippen LogP) is 3.52. The molecule has 1 aliphatic rings. The van der Waals surface area contributed by atoms with Gasteiger partial charge in [0.15, 0.2) is 11.5 Å². The van der Waals surface area contributed by atoms with Gasteiger partial charge in [-0.05, 0) is 69.5 Å². The minimum absolute atomic E-state index is 0.0282. The van der Waals surface area contributed by atoms with E-state index in [2.05, 4.69) is 11.8 Å². The van der Waals surface area contributed by atoms with Gasteiger partial charge in [-0.3, -0.25) is 14.4 Å². The molecule has 170 valence electrons. The van der Waals surface area contributed by atoms with Gasteiger partial charge in [0.05, 0.1) is 0 Å². The molecule has 1 aromatic carbocycles. The van der Waals surface area contributed by atoms with Gasteiger partial charge in [0, 0.05) is 39.1 Å². The van der Waals surface area contributed by atoms with Crippen molar-refractivity contribution in [2.24, 2.45) is 5.92 Å². The number of hydrogen-bond donors (Lipinski definition) is 0. The average molecular weight is 431 g/mol. The molecule has 0 bridgehead atoms. The summed E-state index contributed by atoms with van der Waals surface area (Å²) in [6.07, 6.45) is 7.60. The summed E-state index contributed by atoms with van der Waals surface area (Å²) in [6.45, 7) is 6.30. The molecule has 0 radical (unpaired) electrons. The van der Waals surface area contributed by atoms with Crippen molar-refractivity contribution in [2.45, 2.75) is 52.5 Å². The molecule has 0 heterocycles. The summed E-state index contributed by atoms with van der Waals surface area (Å²) in [4.78, 5) is 39.8. The molecule has 1 fully saturated rings. The SMILES string of the molecule is CC(=O)Oc1ccc(C=CC(=O)N(CCN(C)C)C2CCC(C)CC2)cc1OC(C)=O. The molecule has 0 saturated heterocycles. The maximum Gasteiger partial charge on any atom is 0.308 e. The highest BCUT2D eigenvalue weighted by Crippen LogP contribution is 2.30. The number of ether oxygens (including phenoxy) is 2. The van der Waals surface area contributed by atoms with Crippen LogP contribution in [0.15, 0.2) is 24.3 Å². The molecular formula is C24H34N2O5. The highest BCUT2D eigenvalue weighted by Gasteiger charge is 2.26. The topological polar surface area (TPSA) is 76.2 Å². The van der Waals surface area contributed by atoms with Crippen molar-refractivity contribution in [3.63, 3.8) is 0 Å². The van der Waals surface area contributed by atoms with Gasteiger partial charge < -0.3 is 19.3 Å². The first kappa shape index (κ1) is 24.6. The van der Waals surface area contributed by atoms with Crippen LogP contribution in [-0.4, -0.2) is 60.9 Å². The molecule has 1 aromatic rings. The van der Waals surface area contributed by atoms with Crippen molar-refractivity contribution >= 4 is 23.9 Å². The molecule has 0 aromatic heterocycles. The number of carbonyl (C=O) groups is 3. The van der Waals surface area contributed by atoms with Crippen LogP contribution in [0, 0.1) is 5.92 Å². The molecule has 0 unspecified atom stereocenters. The third-order valence-electron chi connectivity index (χ3n) is 5.39. The summed E-state index contributed by atoms with van der Waals surface area (Å²) < 4.78 is 10.2. The maximum atomic E-state index is 13.1. The Kier molecular flexibility index (Phi) is 9.24. The molecule has 1 amide bonds. The van der Waals surface area contributed by atoms with E-state index >= 15 is 0 Å². The van der Waals surface area contributed by atoms with Crippen LogP contribution < -0.4 is 9.47 Å². The fraction of sp³-hybridized carbons (Fsp3) is 0.542. The number of rotatable bonds is 8. The van der Waals surface area contributed by atoms with Crippen molar-refractivity contribution in [2.75, 3.05) is 27.2 Å². The third-order valence-corrected chi connectivity index (χ3v) is 5.39. The summed E-state index contributed by atoms with van der Waals surface area (Å²) in [6, 6.07) is 5.10. The second-order valence-corrected chi connectivity index (χ2v) is 8.48. The first-order chi connectivity index (χ1) is 14.7. The van der Waals surface area contributed by atoms with Gasteiger partial charge in [0.2, 0.25) is 5.91 Å². The van der Waals surface area contributed by atoms with Crippen LogP contribution in [0.5, 0.6) is 11.5 Å². The number of esters is 2. The second kappa shape index (κ2) is 11.6. The van der Waals surface area contributed by atoms with Gasteiger partial charge in [0.25, 0.3) is 0 Å². The lowest BCUT2D eigenvalue weighted by Gasteiger charge is -2.36. The Bertz CT molecular complexity index is 810. The van der Waals surface area contributed by atoms with E-state index in [1.54, 1.807) is 30.4 Å². The summed E-state index contributed by atoms with van der Waals surface area (Å²) in [5.74, 6) is -0.0390. The lowest BCUT2D eigenvalue weighted by atomic mass is 9.86. The van der Waals surface area contributed by atoms with E-state index in [0.29, 0.717) is 18.0 Å². The van der Waals surface area contributed by atoms with Crippen molar-refractivity contribution in [1.82, 2.24) is 9.80 Å². The molecule has 1 aliphatic carbocycles. The number of likely N-dealkylation sites (N-methyl/N-ethyl adjacent to an activating group) is 1. The van der Waals surface area contributed by atoms with Crippen LogP contribution in [0.4, 0.5) is 0 Å². The Hall–Kier alpha value is -2.67. The monoisotopic (exact) mass is 430 g/mol. The zero-order valence-electron chi connectivity index (χ0n) is 19.2. The van der Waals surface area contributed by atoms with Crippen LogP contribution in [0.1, 0.15) is 52.0 Å². The van der Waals surface area contributed by atoms with Crippen LogP contribution in [0.25, 0.3) is 6.08 Å². The smallest absolute Gasteiger partial charge is 0.308 e. The molecule has 7 heteroatoms. The molecule has 31 heavy (non-hydrogen) atoms. The highest BCUT2D eigenvalue weighted by molar-refractivity contribution is 5.92. The molecule has 1 saturated carbocycles. The minimum Gasteiger partial charge on any atom is -0.423 e. The molecule has 0 atom stereocenters.